The first-order chi connectivity index (χ1) is 6.95. The highest BCUT2D eigenvalue weighted by molar-refractivity contribution is 9.10. The highest BCUT2D eigenvalue weighted by Crippen LogP contribution is 2.23. The minimum absolute atomic E-state index is 0.144. The molecule has 0 amide bonds. The lowest BCUT2D eigenvalue weighted by Crippen LogP contribution is -1.99. The van der Waals surface area contributed by atoms with E-state index in [4.69, 9.17) is 5.11 Å². The van der Waals surface area contributed by atoms with E-state index < -0.39 is 9.84 Å². The number of aliphatic hydroxyl groups is 1. The molecule has 0 atom stereocenters. The number of benzene rings is 1. The van der Waals surface area contributed by atoms with Crippen molar-refractivity contribution in [1.29, 1.82) is 0 Å². The zero-order chi connectivity index (χ0) is 11.5. The van der Waals surface area contributed by atoms with Crippen molar-refractivity contribution in [2.45, 2.75) is 17.7 Å². The molecule has 1 aromatic carbocycles. The van der Waals surface area contributed by atoms with Crippen molar-refractivity contribution in [2.75, 3.05) is 12.9 Å². The lowest BCUT2D eigenvalue weighted by molar-refractivity contribution is 0.288. The molecule has 0 saturated carbocycles. The summed E-state index contributed by atoms with van der Waals surface area (Å²) in [7, 11) is -3.17. The second-order valence-electron chi connectivity index (χ2n) is 3.36. The van der Waals surface area contributed by atoms with Crippen molar-refractivity contribution in [3.63, 3.8) is 0 Å². The van der Waals surface area contributed by atoms with Gasteiger partial charge in [-0.25, -0.2) is 8.42 Å². The summed E-state index contributed by atoms with van der Waals surface area (Å²) in [6.45, 7) is 0.144. The Morgan fingerprint density at radius 1 is 1.40 bits per heavy atom. The molecule has 0 aliphatic rings. The number of aliphatic hydroxyl groups excluding tert-OH is 1. The third-order valence-corrected chi connectivity index (χ3v) is 4.09. The van der Waals surface area contributed by atoms with Gasteiger partial charge in [-0.3, -0.25) is 0 Å². The van der Waals surface area contributed by atoms with Crippen molar-refractivity contribution in [1.82, 2.24) is 0 Å². The highest BCUT2D eigenvalue weighted by Gasteiger charge is 2.11. The minimum atomic E-state index is -3.17. The van der Waals surface area contributed by atoms with E-state index in [2.05, 4.69) is 15.9 Å². The van der Waals surface area contributed by atoms with Crippen LogP contribution < -0.4 is 0 Å². The van der Waals surface area contributed by atoms with E-state index >= 15 is 0 Å². The number of hydrogen-bond donors (Lipinski definition) is 1. The predicted octanol–water partition coefficient (Wildman–Crippen LogP) is 1.78. The summed E-state index contributed by atoms with van der Waals surface area (Å²) in [5.74, 6) is 0. The van der Waals surface area contributed by atoms with E-state index in [1.54, 1.807) is 18.2 Å². The van der Waals surface area contributed by atoms with Crippen molar-refractivity contribution < 1.29 is 13.5 Å². The Balaban J connectivity index is 2.99. The fourth-order valence-electron chi connectivity index (χ4n) is 1.28. The number of rotatable bonds is 4. The molecule has 3 nitrogen and oxygen atoms in total. The quantitative estimate of drug-likeness (QED) is 0.920. The minimum Gasteiger partial charge on any atom is -0.396 e. The number of halogens is 1. The molecule has 0 aliphatic heterocycles. The van der Waals surface area contributed by atoms with Crippen LogP contribution in [0, 0.1) is 0 Å². The van der Waals surface area contributed by atoms with Gasteiger partial charge in [0, 0.05) is 17.3 Å². The summed E-state index contributed by atoms with van der Waals surface area (Å²) in [6, 6.07) is 5.15. The summed E-state index contributed by atoms with van der Waals surface area (Å²) >= 11 is 3.23. The fraction of sp³-hybridized carbons (Fsp3) is 0.400. The lowest BCUT2D eigenvalue weighted by atomic mass is 10.1. The van der Waals surface area contributed by atoms with Gasteiger partial charge in [-0.15, -0.1) is 0 Å². The molecule has 0 unspecified atom stereocenters. The summed E-state index contributed by atoms with van der Waals surface area (Å²) in [5, 5.41) is 8.67. The van der Waals surface area contributed by atoms with Gasteiger partial charge in [0.15, 0.2) is 9.84 Å². The Morgan fingerprint density at radius 3 is 2.53 bits per heavy atom. The molecule has 1 rings (SSSR count). The average molecular weight is 293 g/mol. The first-order valence-corrected chi connectivity index (χ1v) is 7.23. The normalized spacial score (nSPS) is 11.7. The molecule has 0 aliphatic carbocycles. The van der Waals surface area contributed by atoms with Gasteiger partial charge < -0.3 is 5.11 Å². The maximum Gasteiger partial charge on any atom is 0.176 e. The Bertz CT molecular complexity index is 440. The largest absolute Gasteiger partial charge is 0.396 e. The molecular formula is C10H13BrO3S. The molecular weight excluding hydrogens is 280 g/mol. The molecule has 1 aromatic rings. The zero-order valence-corrected chi connectivity index (χ0v) is 10.8. The molecule has 15 heavy (non-hydrogen) atoms. The second-order valence-corrected chi connectivity index (χ2v) is 6.20. The van der Waals surface area contributed by atoms with E-state index in [1.807, 2.05) is 0 Å². The van der Waals surface area contributed by atoms with E-state index in [-0.39, 0.29) is 6.61 Å². The summed E-state index contributed by atoms with van der Waals surface area (Å²) in [4.78, 5) is 0.301. The average Bonchev–Trinajstić information content (AvgIpc) is 2.12. The van der Waals surface area contributed by atoms with Crippen LogP contribution in [0.2, 0.25) is 0 Å². The van der Waals surface area contributed by atoms with Crippen LogP contribution in [0.25, 0.3) is 0 Å². The third-order valence-electron chi connectivity index (χ3n) is 2.02. The number of hydrogen-bond acceptors (Lipinski definition) is 3. The molecule has 5 heteroatoms. The number of aryl methyl sites for hydroxylation is 1. The van der Waals surface area contributed by atoms with E-state index in [0.29, 0.717) is 15.8 Å². The van der Waals surface area contributed by atoms with Gasteiger partial charge in [0.2, 0.25) is 0 Å². The van der Waals surface area contributed by atoms with Crippen LogP contribution >= 0.6 is 15.9 Å². The van der Waals surface area contributed by atoms with Crippen LogP contribution in [-0.4, -0.2) is 26.4 Å². The Kier molecular flexibility index (Phi) is 4.31. The van der Waals surface area contributed by atoms with Crippen LogP contribution in [-0.2, 0) is 16.3 Å². The van der Waals surface area contributed by atoms with Crippen LogP contribution in [0.5, 0.6) is 0 Å². The van der Waals surface area contributed by atoms with Crippen LogP contribution in [0.3, 0.4) is 0 Å². The lowest BCUT2D eigenvalue weighted by Gasteiger charge is -2.05. The highest BCUT2D eigenvalue weighted by atomic mass is 79.9. The molecule has 0 radical (unpaired) electrons. The first-order valence-electron chi connectivity index (χ1n) is 4.54. The molecule has 0 bridgehead atoms. The molecule has 0 saturated heterocycles. The van der Waals surface area contributed by atoms with Gasteiger partial charge in [0.1, 0.15) is 0 Å². The Morgan fingerprint density at radius 2 is 2.07 bits per heavy atom. The fourth-order valence-corrected chi connectivity index (χ4v) is 3.32. The maximum absolute atomic E-state index is 11.3. The van der Waals surface area contributed by atoms with Gasteiger partial charge >= 0.3 is 0 Å². The first kappa shape index (κ1) is 12.7. The molecule has 0 aromatic heterocycles. The van der Waals surface area contributed by atoms with E-state index in [1.165, 1.54) is 6.26 Å². The number of sulfone groups is 1. The van der Waals surface area contributed by atoms with Gasteiger partial charge in [-0.05, 0) is 46.5 Å². The summed E-state index contributed by atoms with van der Waals surface area (Å²) in [6.07, 6.45) is 2.62. The summed E-state index contributed by atoms with van der Waals surface area (Å²) < 4.78 is 23.2. The Hall–Kier alpha value is -0.390. The molecule has 0 spiro atoms. The maximum atomic E-state index is 11.3. The third kappa shape index (κ3) is 3.59. The van der Waals surface area contributed by atoms with Gasteiger partial charge in [-0.1, -0.05) is 6.07 Å². The zero-order valence-electron chi connectivity index (χ0n) is 8.40. The second kappa shape index (κ2) is 5.09. The van der Waals surface area contributed by atoms with E-state index in [9.17, 15) is 8.42 Å². The standard InChI is InChI=1S/C10H13BrO3S/c1-15(13,14)10-5-4-8(3-2-6-12)7-9(10)11/h4-5,7,12H,2-3,6H2,1H3. The topological polar surface area (TPSA) is 54.4 Å². The van der Waals surface area contributed by atoms with Gasteiger partial charge in [-0.2, -0.15) is 0 Å². The van der Waals surface area contributed by atoms with Crippen molar-refractivity contribution in [3.05, 3.63) is 28.2 Å². The Labute approximate surface area is 98.2 Å². The van der Waals surface area contributed by atoms with Crippen molar-refractivity contribution in [2.24, 2.45) is 0 Å². The van der Waals surface area contributed by atoms with Crippen molar-refractivity contribution >= 4 is 25.8 Å². The van der Waals surface area contributed by atoms with E-state index in [0.717, 1.165) is 12.0 Å². The monoisotopic (exact) mass is 292 g/mol. The molecule has 0 fully saturated rings. The summed E-state index contributed by atoms with van der Waals surface area (Å²) in [5.41, 5.74) is 1.02. The van der Waals surface area contributed by atoms with Crippen molar-refractivity contribution in [3.8, 4) is 0 Å². The van der Waals surface area contributed by atoms with Crippen LogP contribution in [0.15, 0.2) is 27.6 Å². The molecule has 84 valence electrons. The molecule has 1 N–H and O–H groups in total. The van der Waals surface area contributed by atoms with Gasteiger partial charge in [0.05, 0.1) is 4.90 Å². The van der Waals surface area contributed by atoms with Crippen LogP contribution in [0.1, 0.15) is 12.0 Å². The SMILES string of the molecule is CS(=O)(=O)c1ccc(CCCO)cc1Br. The smallest absolute Gasteiger partial charge is 0.176 e. The van der Waals surface area contributed by atoms with Crippen LogP contribution in [0.4, 0.5) is 0 Å². The van der Waals surface area contributed by atoms with Gasteiger partial charge in [0.25, 0.3) is 0 Å². The molecule has 0 heterocycles. The predicted molar refractivity (Wildman–Crippen MR) is 62.7 cm³/mol.